The van der Waals surface area contributed by atoms with Crippen molar-refractivity contribution < 1.29 is 22.3 Å². The zero-order chi connectivity index (χ0) is 24.0. The number of nitrogens with zero attached hydrogens (tertiary/aromatic N) is 3. The number of halogens is 4. The normalized spacial score (nSPS) is 11.5. The number of anilines is 3. The number of benzene rings is 2. The molecule has 0 aliphatic rings. The van der Waals surface area contributed by atoms with Crippen LogP contribution in [0.25, 0.3) is 11.3 Å². The molecule has 0 unspecified atom stereocenters. The summed E-state index contributed by atoms with van der Waals surface area (Å²) in [6, 6.07) is 11.8. The van der Waals surface area contributed by atoms with Crippen molar-refractivity contribution in [2.75, 3.05) is 37.8 Å². The van der Waals surface area contributed by atoms with Crippen molar-refractivity contribution in [1.29, 1.82) is 0 Å². The van der Waals surface area contributed by atoms with Crippen molar-refractivity contribution in [3.8, 4) is 17.0 Å². The van der Waals surface area contributed by atoms with Gasteiger partial charge in [0.2, 0.25) is 5.95 Å². The van der Waals surface area contributed by atoms with Crippen molar-refractivity contribution in [2.24, 2.45) is 0 Å². The number of ether oxygens (including phenoxy) is 1. The summed E-state index contributed by atoms with van der Waals surface area (Å²) in [5.41, 5.74) is 1.78. The highest BCUT2D eigenvalue weighted by Crippen LogP contribution is 2.29. The molecule has 2 N–H and O–H groups in total. The maximum Gasteiger partial charge on any atom is 0.573 e. The molecule has 1 heterocycles. The molecule has 0 amide bonds. The number of alkyl halides is 3. The highest BCUT2D eigenvalue weighted by Gasteiger charge is 2.31. The van der Waals surface area contributed by atoms with Crippen LogP contribution >= 0.6 is 0 Å². The Balaban J connectivity index is 1.91. The topological polar surface area (TPSA) is 62.3 Å². The van der Waals surface area contributed by atoms with E-state index in [-0.39, 0.29) is 11.6 Å². The summed E-state index contributed by atoms with van der Waals surface area (Å²) in [6.07, 6.45) is -3.97. The van der Waals surface area contributed by atoms with E-state index in [9.17, 15) is 17.6 Å². The average molecular weight is 463 g/mol. The Labute approximate surface area is 189 Å². The van der Waals surface area contributed by atoms with Gasteiger partial charge in [-0.25, -0.2) is 9.37 Å². The molecule has 1 aromatic heterocycles. The highest BCUT2D eigenvalue weighted by atomic mass is 19.4. The molecule has 0 saturated carbocycles. The standard InChI is InChI=1S/C23H25F4N5O/c1-15-8-9-17(13-19(15)24)29-21-14-20(30-22(31-21)28-10-5-11-32(2)3)16-6-4-7-18(12-16)33-23(25,26)27/h4,6-9,12-14H,5,10-11H2,1-3H3,(H2,28,29,30,31). The Bertz CT molecular complexity index is 1090. The molecule has 0 saturated heterocycles. The van der Waals surface area contributed by atoms with Gasteiger partial charge in [-0.1, -0.05) is 18.2 Å². The molecule has 0 bridgehead atoms. The third-order valence-electron chi connectivity index (χ3n) is 4.60. The Morgan fingerprint density at radius 1 is 1.03 bits per heavy atom. The largest absolute Gasteiger partial charge is 0.573 e. The molecule has 0 atom stereocenters. The predicted molar refractivity (Wildman–Crippen MR) is 120 cm³/mol. The van der Waals surface area contributed by atoms with E-state index in [1.165, 1.54) is 24.3 Å². The van der Waals surface area contributed by atoms with E-state index in [1.807, 2.05) is 19.0 Å². The molecule has 0 fully saturated rings. The first-order valence-corrected chi connectivity index (χ1v) is 10.3. The molecule has 2 aromatic carbocycles. The quantitative estimate of drug-likeness (QED) is 0.318. The zero-order valence-corrected chi connectivity index (χ0v) is 18.5. The summed E-state index contributed by atoms with van der Waals surface area (Å²) in [7, 11) is 3.94. The van der Waals surface area contributed by atoms with Gasteiger partial charge < -0.3 is 20.3 Å². The Hall–Kier alpha value is -3.40. The van der Waals surface area contributed by atoms with Crippen molar-refractivity contribution >= 4 is 17.5 Å². The number of hydrogen-bond acceptors (Lipinski definition) is 6. The third-order valence-corrected chi connectivity index (χ3v) is 4.60. The van der Waals surface area contributed by atoms with Gasteiger partial charge in [-0.15, -0.1) is 13.2 Å². The molecule has 176 valence electrons. The maximum atomic E-state index is 14.0. The van der Waals surface area contributed by atoms with Gasteiger partial charge in [0.15, 0.2) is 0 Å². The van der Waals surface area contributed by atoms with Crippen LogP contribution in [0.1, 0.15) is 12.0 Å². The lowest BCUT2D eigenvalue weighted by molar-refractivity contribution is -0.274. The van der Waals surface area contributed by atoms with E-state index >= 15 is 0 Å². The van der Waals surface area contributed by atoms with Gasteiger partial charge in [0.25, 0.3) is 0 Å². The second kappa shape index (κ2) is 10.5. The van der Waals surface area contributed by atoms with Crippen LogP contribution in [0.15, 0.2) is 48.5 Å². The summed E-state index contributed by atoms with van der Waals surface area (Å²) in [6.45, 7) is 3.11. The van der Waals surface area contributed by atoms with E-state index < -0.39 is 6.36 Å². The molecule has 6 nitrogen and oxygen atoms in total. The van der Waals surface area contributed by atoms with Crippen molar-refractivity contribution in [1.82, 2.24) is 14.9 Å². The van der Waals surface area contributed by atoms with Crippen LogP contribution in [-0.4, -0.2) is 48.4 Å². The summed E-state index contributed by atoms with van der Waals surface area (Å²) in [5.74, 6) is -0.0634. The molecule has 33 heavy (non-hydrogen) atoms. The fourth-order valence-corrected chi connectivity index (χ4v) is 3.00. The molecular formula is C23H25F4N5O. The lowest BCUT2D eigenvalue weighted by Gasteiger charge is -2.14. The monoisotopic (exact) mass is 463 g/mol. The minimum atomic E-state index is -4.80. The van der Waals surface area contributed by atoms with Crippen LogP contribution in [0.2, 0.25) is 0 Å². The fraction of sp³-hybridized carbons (Fsp3) is 0.304. The van der Waals surface area contributed by atoms with E-state index in [0.29, 0.717) is 40.8 Å². The first-order valence-electron chi connectivity index (χ1n) is 10.3. The Morgan fingerprint density at radius 3 is 2.52 bits per heavy atom. The van der Waals surface area contributed by atoms with Crippen LogP contribution in [-0.2, 0) is 0 Å². The highest BCUT2D eigenvalue weighted by molar-refractivity contribution is 5.68. The first-order chi connectivity index (χ1) is 15.6. The summed E-state index contributed by atoms with van der Waals surface area (Å²) in [4.78, 5) is 10.9. The fourth-order valence-electron chi connectivity index (χ4n) is 3.00. The zero-order valence-electron chi connectivity index (χ0n) is 18.5. The van der Waals surface area contributed by atoms with Gasteiger partial charge in [0, 0.05) is 23.9 Å². The van der Waals surface area contributed by atoms with Gasteiger partial charge >= 0.3 is 6.36 Å². The molecule has 3 aromatic rings. The number of aryl methyl sites for hydroxylation is 1. The van der Waals surface area contributed by atoms with Gasteiger partial charge in [-0.2, -0.15) is 4.98 Å². The average Bonchev–Trinajstić information content (AvgIpc) is 2.73. The van der Waals surface area contributed by atoms with Gasteiger partial charge in [-0.3, -0.25) is 0 Å². The van der Waals surface area contributed by atoms with E-state index in [2.05, 4.69) is 25.3 Å². The molecule has 3 rings (SSSR count). The second-order valence-electron chi connectivity index (χ2n) is 7.71. The van der Waals surface area contributed by atoms with Gasteiger partial charge in [0.1, 0.15) is 17.4 Å². The smallest absolute Gasteiger partial charge is 0.406 e. The van der Waals surface area contributed by atoms with Crippen LogP contribution < -0.4 is 15.4 Å². The summed E-state index contributed by atoms with van der Waals surface area (Å²) >= 11 is 0. The van der Waals surface area contributed by atoms with Gasteiger partial charge in [0.05, 0.1) is 5.69 Å². The van der Waals surface area contributed by atoms with Gasteiger partial charge in [-0.05, 0) is 63.8 Å². The number of rotatable bonds is 9. The lowest BCUT2D eigenvalue weighted by atomic mass is 10.1. The van der Waals surface area contributed by atoms with Crippen LogP contribution in [0.3, 0.4) is 0 Å². The predicted octanol–water partition coefficient (Wildman–Crippen LogP) is 5.60. The third kappa shape index (κ3) is 7.60. The van der Waals surface area contributed by atoms with Crippen molar-refractivity contribution in [3.63, 3.8) is 0 Å². The second-order valence-corrected chi connectivity index (χ2v) is 7.71. The molecule has 0 radical (unpaired) electrons. The molecule has 0 aliphatic carbocycles. The minimum absolute atomic E-state index is 0.295. The van der Waals surface area contributed by atoms with E-state index in [4.69, 9.17) is 0 Å². The lowest BCUT2D eigenvalue weighted by Crippen LogP contribution is -2.17. The van der Waals surface area contributed by atoms with E-state index in [0.717, 1.165) is 13.0 Å². The summed E-state index contributed by atoms with van der Waals surface area (Å²) < 4.78 is 55.9. The van der Waals surface area contributed by atoms with Crippen molar-refractivity contribution in [3.05, 3.63) is 59.9 Å². The molecule has 0 spiro atoms. The number of hydrogen-bond donors (Lipinski definition) is 2. The first kappa shape index (κ1) is 24.2. The number of nitrogens with one attached hydrogen (secondary N) is 2. The number of aromatic nitrogens is 2. The molecule has 10 heteroatoms. The minimum Gasteiger partial charge on any atom is -0.406 e. The Morgan fingerprint density at radius 2 is 1.82 bits per heavy atom. The van der Waals surface area contributed by atoms with Crippen LogP contribution in [0.4, 0.5) is 35.0 Å². The van der Waals surface area contributed by atoms with Crippen LogP contribution in [0.5, 0.6) is 5.75 Å². The molecular weight excluding hydrogens is 438 g/mol. The van der Waals surface area contributed by atoms with Crippen molar-refractivity contribution in [2.45, 2.75) is 19.7 Å². The van der Waals surface area contributed by atoms with E-state index in [1.54, 1.807) is 31.2 Å². The van der Waals surface area contributed by atoms with Crippen LogP contribution in [0, 0.1) is 12.7 Å². The SMILES string of the molecule is Cc1ccc(Nc2cc(-c3cccc(OC(F)(F)F)c3)nc(NCCCN(C)C)n2)cc1F. The summed E-state index contributed by atoms with van der Waals surface area (Å²) in [5, 5.41) is 6.17. The molecule has 0 aliphatic heterocycles. The maximum absolute atomic E-state index is 14.0. The Kier molecular flexibility index (Phi) is 7.70.